The van der Waals surface area contributed by atoms with Crippen molar-refractivity contribution in [3.63, 3.8) is 0 Å². The van der Waals surface area contributed by atoms with E-state index >= 15 is 0 Å². The molecule has 1 heterocycles. The first-order valence-electron chi connectivity index (χ1n) is 5.15. The van der Waals surface area contributed by atoms with E-state index in [-0.39, 0.29) is 0 Å². The third-order valence-corrected chi connectivity index (χ3v) is 2.86. The van der Waals surface area contributed by atoms with Crippen LogP contribution in [0.3, 0.4) is 0 Å². The van der Waals surface area contributed by atoms with Crippen molar-refractivity contribution in [2.75, 3.05) is 0 Å². The third kappa shape index (κ3) is 1.84. The molecule has 78 valence electrons. The number of pyridine rings is 1. The highest BCUT2D eigenvalue weighted by Gasteiger charge is 2.08. The van der Waals surface area contributed by atoms with Crippen molar-refractivity contribution in [1.29, 1.82) is 0 Å². The van der Waals surface area contributed by atoms with Gasteiger partial charge in [-0.25, -0.2) is 4.98 Å². The van der Waals surface area contributed by atoms with Crippen LogP contribution >= 0.6 is 11.6 Å². The Morgan fingerprint density at radius 3 is 2.67 bits per heavy atom. The molecule has 0 unspecified atom stereocenters. The number of aromatic nitrogens is 1. The van der Waals surface area contributed by atoms with Crippen LogP contribution < -0.4 is 0 Å². The first kappa shape index (κ1) is 10.4. The molecular weight excluding hydrogens is 206 g/mol. The topological polar surface area (TPSA) is 12.9 Å². The lowest BCUT2D eigenvalue weighted by atomic mass is 9.98. The molecule has 1 aromatic carbocycles. The number of hydrogen-bond acceptors (Lipinski definition) is 1. The van der Waals surface area contributed by atoms with Gasteiger partial charge in [0.15, 0.2) is 0 Å². The maximum absolute atomic E-state index is 5.99. The zero-order valence-electron chi connectivity index (χ0n) is 9.21. The number of para-hydroxylation sites is 1. The molecule has 2 heteroatoms. The second-order valence-electron chi connectivity index (χ2n) is 4.16. The van der Waals surface area contributed by atoms with Crippen LogP contribution in [-0.2, 0) is 0 Å². The van der Waals surface area contributed by atoms with Crippen molar-refractivity contribution >= 4 is 22.5 Å². The average molecular weight is 220 g/mol. The lowest BCUT2D eigenvalue weighted by Gasteiger charge is -2.10. The molecule has 0 aliphatic rings. The summed E-state index contributed by atoms with van der Waals surface area (Å²) in [5.41, 5.74) is 3.49. The van der Waals surface area contributed by atoms with Crippen molar-refractivity contribution in [1.82, 2.24) is 4.98 Å². The third-order valence-electron chi connectivity index (χ3n) is 2.67. The Kier molecular flexibility index (Phi) is 2.66. The zero-order valence-corrected chi connectivity index (χ0v) is 9.97. The van der Waals surface area contributed by atoms with E-state index in [0.29, 0.717) is 11.1 Å². The van der Waals surface area contributed by atoms with Gasteiger partial charge >= 0.3 is 0 Å². The maximum atomic E-state index is 5.99. The summed E-state index contributed by atoms with van der Waals surface area (Å²) < 4.78 is 0. The first-order chi connectivity index (χ1) is 7.09. The van der Waals surface area contributed by atoms with Crippen LogP contribution in [0.1, 0.15) is 30.9 Å². The lowest BCUT2D eigenvalue weighted by Crippen LogP contribution is -1.93. The molecule has 0 aliphatic carbocycles. The summed E-state index contributed by atoms with van der Waals surface area (Å²) >= 11 is 5.99. The summed E-state index contributed by atoms with van der Waals surface area (Å²) in [6.45, 7) is 6.42. The number of nitrogens with zero attached hydrogens (tertiary/aromatic N) is 1. The van der Waals surface area contributed by atoms with Crippen LogP contribution in [0, 0.1) is 6.92 Å². The standard InChI is InChI=1S/C13H14ClN/c1-8(2)10-5-4-6-11-9(3)7-12(14)15-13(10)11/h4-8H,1-3H3. The molecule has 0 spiro atoms. The quantitative estimate of drug-likeness (QED) is 0.651. The van der Waals surface area contributed by atoms with Crippen LogP contribution in [0.15, 0.2) is 24.3 Å². The van der Waals surface area contributed by atoms with Gasteiger partial charge in [0.25, 0.3) is 0 Å². The Balaban J connectivity index is 2.85. The van der Waals surface area contributed by atoms with Gasteiger partial charge in [-0.15, -0.1) is 0 Å². The number of aryl methyl sites for hydroxylation is 1. The predicted molar refractivity (Wildman–Crippen MR) is 65.6 cm³/mol. The van der Waals surface area contributed by atoms with E-state index in [1.54, 1.807) is 0 Å². The van der Waals surface area contributed by atoms with E-state index in [4.69, 9.17) is 11.6 Å². The van der Waals surface area contributed by atoms with Crippen LogP contribution in [-0.4, -0.2) is 4.98 Å². The smallest absolute Gasteiger partial charge is 0.130 e. The van der Waals surface area contributed by atoms with Gasteiger partial charge in [0.2, 0.25) is 0 Å². The molecule has 1 aromatic heterocycles. The van der Waals surface area contributed by atoms with Crippen LogP contribution in [0.5, 0.6) is 0 Å². The number of fused-ring (bicyclic) bond motifs is 1. The fourth-order valence-electron chi connectivity index (χ4n) is 1.87. The average Bonchev–Trinajstić information content (AvgIpc) is 2.16. The van der Waals surface area contributed by atoms with Crippen molar-refractivity contribution in [2.24, 2.45) is 0 Å². The largest absolute Gasteiger partial charge is 0.236 e. The molecular formula is C13H14ClN. The number of rotatable bonds is 1. The number of benzene rings is 1. The molecule has 0 saturated carbocycles. The molecule has 2 aromatic rings. The van der Waals surface area contributed by atoms with Gasteiger partial charge in [0, 0.05) is 5.39 Å². The first-order valence-corrected chi connectivity index (χ1v) is 5.53. The number of hydrogen-bond donors (Lipinski definition) is 0. The van der Waals surface area contributed by atoms with E-state index < -0.39 is 0 Å². The van der Waals surface area contributed by atoms with Crippen LogP contribution in [0.4, 0.5) is 0 Å². The Morgan fingerprint density at radius 2 is 2.00 bits per heavy atom. The van der Waals surface area contributed by atoms with E-state index in [1.807, 2.05) is 6.07 Å². The Bertz CT molecular complexity index is 503. The van der Waals surface area contributed by atoms with Crippen LogP contribution in [0.2, 0.25) is 5.15 Å². The van der Waals surface area contributed by atoms with E-state index in [9.17, 15) is 0 Å². The summed E-state index contributed by atoms with van der Waals surface area (Å²) in [6, 6.07) is 8.21. The zero-order chi connectivity index (χ0) is 11.0. The van der Waals surface area contributed by atoms with Crippen molar-refractivity contribution < 1.29 is 0 Å². The Hall–Kier alpha value is -1.08. The highest BCUT2D eigenvalue weighted by atomic mass is 35.5. The summed E-state index contributed by atoms with van der Waals surface area (Å²) in [7, 11) is 0. The summed E-state index contributed by atoms with van der Waals surface area (Å²) in [6.07, 6.45) is 0. The second-order valence-corrected chi connectivity index (χ2v) is 4.55. The van der Waals surface area contributed by atoms with Crippen molar-refractivity contribution in [3.05, 3.63) is 40.5 Å². The molecule has 0 radical (unpaired) electrons. The van der Waals surface area contributed by atoms with Gasteiger partial charge < -0.3 is 0 Å². The minimum absolute atomic E-state index is 0.471. The van der Waals surface area contributed by atoms with Crippen molar-refractivity contribution in [2.45, 2.75) is 26.7 Å². The van der Waals surface area contributed by atoms with Crippen molar-refractivity contribution in [3.8, 4) is 0 Å². The SMILES string of the molecule is Cc1cc(Cl)nc2c(C(C)C)cccc12. The fourth-order valence-corrected chi connectivity index (χ4v) is 2.11. The molecule has 1 nitrogen and oxygen atoms in total. The molecule has 0 fully saturated rings. The molecule has 0 amide bonds. The minimum atomic E-state index is 0.471. The van der Waals surface area contributed by atoms with E-state index in [0.717, 1.165) is 5.52 Å². The summed E-state index contributed by atoms with van der Waals surface area (Å²) in [5, 5.41) is 1.78. The van der Waals surface area contributed by atoms with Gasteiger partial charge in [0.1, 0.15) is 5.15 Å². The highest BCUT2D eigenvalue weighted by molar-refractivity contribution is 6.30. The summed E-state index contributed by atoms with van der Waals surface area (Å²) in [4.78, 5) is 4.42. The molecule has 2 rings (SSSR count). The Morgan fingerprint density at radius 1 is 1.27 bits per heavy atom. The molecule has 0 bridgehead atoms. The predicted octanol–water partition coefficient (Wildman–Crippen LogP) is 4.32. The van der Waals surface area contributed by atoms with Gasteiger partial charge in [-0.2, -0.15) is 0 Å². The molecule has 0 aliphatic heterocycles. The molecule has 0 atom stereocenters. The molecule has 0 N–H and O–H groups in total. The van der Waals surface area contributed by atoms with E-state index in [1.165, 1.54) is 16.5 Å². The molecule has 0 saturated heterocycles. The Labute approximate surface area is 95.1 Å². The molecule has 15 heavy (non-hydrogen) atoms. The lowest BCUT2D eigenvalue weighted by molar-refractivity contribution is 0.872. The second kappa shape index (κ2) is 3.82. The summed E-state index contributed by atoms with van der Waals surface area (Å²) in [5.74, 6) is 0.471. The van der Waals surface area contributed by atoms with Gasteiger partial charge in [-0.05, 0) is 30.0 Å². The number of halogens is 1. The van der Waals surface area contributed by atoms with Gasteiger partial charge in [-0.3, -0.25) is 0 Å². The highest BCUT2D eigenvalue weighted by Crippen LogP contribution is 2.27. The fraction of sp³-hybridized carbons (Fsp3) is 0.308. The maximum Gasteiger partial charge on any atom is 0.130 e. The monoisotopic (exact) mass is 219 g/mol. The van der Waals surface area contributed by atoms with Gasteiger partial charge in [-0.1, -0.05) is 43.6 Å². The van der Waals surface area contributed by atoms with Gasteiger partial charge in [0.05, 0.1) is 5.52 Å². The normalized spacial score (nSPS) is 11.3. The minimum Gasteiger partial charge on any atom is -0.236 e. The van der Waals surface area contributed by atoms with Crippen LogP contribution in [0.25, 0.3) is 10.9 Å². The van der Waals surface area contributed by atoms with E-state index in [2.05, 4.69) is 44.0 Å².